The molecule has 0 bridgehead atoms. The van der Waals surface area contributed by atoms with E-state index in [0.717, 1.165) is 0 Å². The number of halogens is 4. The average molecular weight is 223 g/mol. The topological polar surface area (TPSA) is 0 Å². The van der Waals surface area contributed by atoms with E-state index in [1.165, 1.54) is 12.1 Å². The van der Waals surface area contributed by atoms with Crippen molar-refractivity contribution in [1.82, 2.24) is 0 Å². The molecule has 1 aromatic rings. The van der Waals surface area contributed by atoms with Crippen molar-refractivity contribution in [2.75, 3.05) is 0 Å². The molecule has 78 valence electrons. The van der Waals surface area contributed by atoms with Gasteiger partial charge in [0.2, 0.25) is 0 Å². The molecular weight excluding hydrogens is 213 g/mol. The minimum absolute atomic E-state index is 0.322. The highest BCUT2D eigenvalue weighted by atomic mass is 35.5. The first-order chi connectivity index (χ1) is 6.43. The van der Waals surface area contributed by atoms with Crippen LogP contribution < -0.4 is 0 Å². The highest BCUT2D eigenvalue weighted by Gasteiger charge is 2.23. The Kier molecular flexibility index (Phi) is 3.43. The van der Waals surface area contributed by atoms with Crippen LogP contribution in [0.5, 0.6) is 0 Å². The molecule has 4 heteroatoms. The second kappa shape index (κ2) is 4.22. The third-order valence-electron chi connectivity index (χ3n) is 2.06. The molecule has 0 aliphatic carbocycles. The maximum atomic E-state index is 12.8. The lowest BCUT2D eigenvalue weighted by atomic mass is 10.00. The molecule has 0 aromatic heterocycles. The average Bonchev–Trinajstić information content (AvgIpc) is 2.01. The van der Waals surface area contributed by atoms with Crippen molar-refractivity contribution in [3.05, 3.63) is 34.6 Å². The summed E-state index contributed by atoms with van der Waals surface area (Å²) in [5.74, 6) is -0.429. The molecule has 1 unspecified atom stereocenters. The maximum absolute atomic E-state index is 12.8. The first-order valence-electron chi connectivity index (χ1n) is 4.12. The zero-order valence-electron chi connectivity index (χ0n) is 7.82. The predicted octanol–water partition coefficient (Wildman–Crippen LogP) is 3.99. The smallest absolute Gasteiger partial charge is 0.208 e. The Morgan fingerprint density at radius 2 is 1.57 bits per heavy atom. The fourth-order valence-electron chi connectivity index (χ4n) is 1.48. The lowest BCUT2D eigenvalue weighted by Crippen LogP contribution is -2.06. The summed E-state index contributed by atoms with van der Waals surface area (Å²) in [6.07, 6.45) is -2.64. The van der Waals surface area contributed by atoms with Crippen LogP contribution in [-0.2, 0) is 0 Å². The Balaban J connectivity index is 3.20. The van der Waals surface area contributed by atoms with Gasteiger partial charge in [0.05, 0.1) is 0 Å². The Morgan fingerprint density at radius 3 is 1.93 bits per heavy atom. The van der Waals surface area contributed by atoms with Crippen LogP contribution in [0.4, 0.5) is 13.2 Å². The van der Waals surface area contributed by atoms with Gasteiger partial charge in [0, 0.05) is 0 Å². The minimum atomic E-state index is -2.64. The zero-order valence-corrected chi connectivity index (χ0v) is 8.58. The second-order valence-electron chi connectivity index (χ2n) is 3.19. The molecule has 0 saturated carbocycles. The van der Waals surface area contributed by atoms with E-state index in [4.69, 9.17) is 11.6 Å². The predicted molar refractivity (Wildman–Crippen MR) is 50.5 cm³/mol. The fraction of sp³-hybridized carbons (Fsp3) is 0.400. The molecule has 0 spiro atoms. The van der Waals surface area contributed by atoms with E-state index >= 15 is 0 Å². The molecule has 0 amide bonds. The maximum Gasteiger partial charge on any atom is 0.258 e. The van der Waals surface area contributed by atoms with Crippen LogP contribution in [0.1, 0.15) is 22.1 Å². The largest absolute Gasteiger partial charge is 0.258 e. The summed E-state index contributed by atoms with van der Waals surface area (Å²) in [6.45, 7) is 3.15. The van der Waals surface area contributed by atoms with Gasteiger partial charge in [-0.05, 0) is 42.7 Å². The molecule has 1 rings (SSSR count). The van der Waals surface area contributed by atoms with E-state index in [1.807, 2.05) is 0 Å². The third kappa shape index (κ3) is 2.21. The molecular formula is C10H10ClF3. The van der Waals surface area contributed by atoms with Gasteiger partial charge in [0.15, 0.2) is 0 Å². The molecule has 1 atom stereocenters. The number of hydrogen-bond acceptors (Lipinski definition) is 0. The van der Waals surface area contributed by atoms with Crippen molar-refractivity contribution in [3.63, 3.8) is 0 Å². The van der Waals surface area contributed by atoms with Crippen LogP contribution in [0.25, 0.3) is 0 Å². The van der Waals surface area contributed by atoms with E-state index < -0.39 is 17.6 Å². The lowest BCUT2D eigenvalue weighted by Gasteiger charge is -2.14. The number of hydrogen-bond donors (Lipinski definition) is 0. The molecule has 0 N–H and O–H groups in total. The van der Waals surface area contributed by atoms with Crippen molar-refractivity contribution in [2.45, 2.75) is 25.7 Å². The van der Waals surface area contributed by atoms with Crippen LogP contribution in [0, 0.1) is 19.7 Å². The molecule has 0 fully saturated rings. The molecule has 0 aliphatic rings. The molecule has 0 saturated heterocycles. The van der Waals surface area contributed by atoms with Crippen molar-refractivity contribution in [2.24, 2.45) is 0 Å². The molecule has 1 aromatic carbocycles. The molecule has 0 aliphatic heterocycles. The quantitative estimate of drug-likeness (QED) is 0.664. The van der Waals surface area contributed by atoms with E-state index in [0.29, 0.717) is 16.7 Å². The second-order valence-corrected chi connectivity index (χ2v) is 3.66. The van der Waals surface area contributed by atoms with Gasteiger partial charge >= 0.3 is 0 Å². The Morgan fingerprint density at radius 1 is 1.14 bits per heavy atom. The normalized spacial score (nSPS) is 13.4. The summed E-state index contributed by atoms with van der Waals surface area (Å²) in [6, 6.07) is 2.42. The van der Waals surface area contributed by atoms with Crippen molar-refractivity contribution in [1.29, 1.82) is 0 Å². The van der Waals surface area contributed by atoms with E-state index in [1.54, 1.807) is 13.8 Å². The molecule has 0 radical (unpaired) electrons. The summed E-state index contributed by atoms with van der Waals surface area (Å²) in [7, 11) is 0. The van der Waals surface area contributed by atoms with Gasteiger partial charge < -0.3 is 0 Å². The van der Waals surface area contributed by atoms with Gasteiger partial charge in [-0.3, -0.25) is 0 Å². The first kappa shape index (κ1) is 11.4. The van der Waals surface area contributed by atoms with Crippen molar-refractivity contribution >= 4 is 11.6 Å². The SMILES string of the molecule is Cc1cc(F)cc(C)c1C(Cl)C(F)F. The van der Waals surface area contributed by atoms with Crippen LogP contribution >= 0.6 is 11.6 Å². The Bertz CT molecular complexity index is 313. The van der Waals surface area contributed by atoms with Gasteiger partial charge in [0.1, 0.15) is 11.2 Å². The number of alkyl halides is 3. The highest BCUT2D eigenvalue weighted by Crippen LogP contribution is 2.32. The van der Waals surface area contributed by atoms with E-state index in [2.05, 4.69) is 0 Å². The van der Waals surface area contributed by atoms with Gasteiger partial charge in [-0.15, -0.1) is 11.6 Å². The van der Waals surface area contributed by atoms with Crippen molar-refractivity contribution < 1.29 is 13.2 Å². The van der Waals surface area contributed by atoms with Crippen LogP contribution in [0.3, 0.4) is 0 Å². The monoisotopic (exact) mass is 222 g/mol. The molecule has 14 heavy (non-hydrogen) atoms. The molecule has 0 nitrogen and oxygen atoms in total. The van der Waals surface area contributed by atoms with E-state index in [-0.39, 0.29) is 0 Å². The van der Waals surface area contributed by atoms with Gasteiger partial charge in [-0.25, -0.2) is 13.2 Å². The number of benzene rings is 1. The first-order valence-corrected chi connectivity index (χ1v) is 4.56. The summed E-state index contributed by atoms with van der Waals surface area (Å²) >= 11 is 5.53. The summed E-state index contributed by atoms with van der Waals surface area (Å²) < 4.78 is 37.5. The number of rotatable bonds is 2. The van der Waals surface area contributed by atoms with Gasteiger partial charge in [-0.2, -0.15) is 0 Å². The Hall–Kier alpha value is -0.700. The van der Waals surface area contributed by atoms with Gasteiger partial charge in [0.25, 0.3) is 6.43 Å². The third-order valence-corrected chi connectivity index (χ3v) is 2.46. The van der Waals surface area contributed by atoms with Crippen LogP contribution in [-0.4, -0.2) is 6.43 Å². The standard InChI is InChI=1S/C10H10ClF3/c1-5-3-7(12)4-6(2)8(5)9(11)10(13)14/h3-4,9-10H,1-2H3. The fourth-order valence-corrected chi connectivity index (χ4v) is 1.83. The Labute approximate surface area is 85.7 Å². The highest BCUT2D eigenvalue weighted by molar-refractivity contribution is 6.21. The van der Waals surface area contributed by atoms with E-state index in [9.17, 15) is 13.2 Å². The molecule has 0 heterocycles. The zero-order chi connectivity index (χ0) is 10.9. The van der Waals surface area contributed by atoms with Crippen LogP contribution in [0.2, 0.25) is 0 Å². The summed E-state index contributed by atoms with van der Waals surface area (Å²) in [4.78, 5) is 0. The minimum Gasteiger partial charge on any atom is -0.208 e. The number of aryl methyl sites for hydroxylation is 2. The van der Waals surface area contributed by atoms with Gasteiger partial charge in [-0.1, -0.05) is 0 Å². The van der Waals surface area contributed by atoms with Crippen molar-refractivity contribution in [3.8, 4) is 0 Å². The van der Waals surface area contributed by atoms with Crippen LogP contribution in [0.15, 0.2) is 12.1 Å². The lowest BCUT2D eigenvalue weighted by molar-refractivity contribution is 0.142. The summed E-state index contributed by atoms with van der Waals surface area (Å²) in [5.41, 5.74) is 1.24. The summed E-state index contributed by atoms with van der Waals surface area (Å²) in [5, 5.41) is -1.37.